The number of aliphatic hydroxyl groups is 1. The summed E-state index contributed by atoms with van der Waals surface area (Å²) in [6.07, 6.45) is 45.6. The van der Waals surface area contributed by atoms with Crippen LogP contribution in [0.1, 0.15) is 200 Å². The van der Waals surface area contributed by atoms with Gasteiger partial charge in [0.1, 0.15) is 12.6 Å². The minimum atomic E-state index is -0.664. The van der Waals surface area contributed by atoms with Crippen molar-refractivity contribution in [2.75, 3.05) is 13.2 Å². The number of hydrogen-bond donors (Lipinski definition) is 2. The van der Waals surface area contributed by atoms with E-state index in [0.717, 1.165) is 31.6 Å². The van der Waals surface area contributed by atoms with Gasteiger partial charge in [0.2, 0.25) is 0 Å². The molecular formula is C40H75NO4. The van der Waals surface area contributed by atoms with Crippen LogP contribution in [-0.4, -0.2) is 41.3 Å². The van der Waals surface area contributed by atoms with Crippen LogP contribution in [0.25, 0.3) is 0 Å². The van der Waals surface area contributed by atoms with Crippen molar-refractivity contribution in [3.8, 4) is 0 Å². The van der Waals surface area contributed by atoms with E-state index in [2.05, 4.69) is 43.1 Å². The number of carbonyl (C=O) groups is 1. The van der Waals surface area contributed by atoms with Crippen LogP contribution in [-0.2, 0) is 9.53 Å². The second kappa shape index (κ2) is 36.8. The molecule has 0 saturated heterocycles. The lowest BCUT2D eigenvalue weighted by atomic mass is 10.1. The quantitative estimate of drug-likeness (QED) is 0.0570. The number of carboxylic acid groups (broad SMARTS) is 1. The topological polar surface area (TPSA) is 79.1 Å². The molecule has 45 heavy (non-hydrogen) atoms. The molecule has 0 bridgehead atoms. The smallest absolute Gasteiger partial charge is 0.303 e. The molecule has 0 radical (unpaired) electrons. The van der Waals surface area contributed by atoms with Gasteiger partial charge in [0.15, 0.2) is 5.90 Å². The summed E-state index contributed by atoms with van der Waals surface area (Å²) in [6, 6.07) is -0.0101. The van der Waals surface area contributed by atoms with Gasteiger partial charge in [-0.25, -0.2) is 4.99 Å². The van der Waals surface area contributed by atoms with Crippen LogP contribution in [0.4, 0.5) is 0 Å². The molecule has 0 aliphatic carbocycles. The molecule has 1 aliphatic rings. The van der Waals surface area contributed by atoms with E-state index in [0.29, 0.717) is 13.0 Å². The van der Waals surface area contributed by atoms with E-state index in [9.17, 15) is 4.79 Å². The number of allylic oxidation sites excluding steroid dienone is 4. The first-order valence-electron chi connectivity index (χ1n) is 19.5. The van der Waals surface area contributed by atoms with Crippen molar-refractivity contribution in [3.05, 3.63) is 24.3 Å². The molecule has 1 atom stereocenters. The molecule has 0 aromatic carbocycles. The van der Waals surface area contributed by atoms with Crippen LogP contribution in [0.2, 0.25) is 0 Å². The Morgan fingerprint density at radius 1 is 0.622 bits per heavy atom. The number of aliphatic hydroxyl groups excluding tert-OH is 1. The van der Waals surface area contributed by atoms with Crippen LogP contribution >= 0.6 is 0 Å². The summed E-state index contributed by atoms with van der Waals surface area (Å²) in [7, 11) is 0. The fraction of sp³-hybridized carbons (Fsp3) is 0.850. The van der Waals surface area contributed by atoms with Gasteiger partial charge < -0.3 is 14.9 Å². The van der Waals surface area contributed by atoms with Gasteiger partial charge in [-0.1, -0.05) is 147 Å². The van der Waals surface area contributed by atoms with Gasteiger partial charge in [0, 0.05) is 12.8 Å². The Balaban J connectivity index is 0.000000884. The van der Waals surface area contributed by atoms with Gasteiger partial charge in [-0.05, 0) is 64.2 Å². The SMILES string of the molecule is CCCCCCCC/C=C\CCCCCCCC(=O)O.CCCCCCCC/C=C\CCCCCCCCC1=NC(CO)CO1. The summed E-state index contributed by atoms with van der Waals surface area (Å²) in [4.78, 5) is 14.7. The third-order valence-corrected chi connectivity index (χ3v) is 8.53. The third kappa shape index (κ3) is 35.1. The van der Waals surface area contributed by atoms with Crippen molar-refractivity contribution in [1.82, 2.24) is 0 Å². The number of rotatable bonds is 32. The Morgan fingerprint density at radius 3 is 1.38 bits per heavy atom. The zero-order valence-electron chi connectivity index (χ0n) is 30.0. The predicted octanol–water partition coefficient (Wildman–Crippen LogP) is 12.3. The second-order valence-electron chi connectivity index (χ2n) is 13.1. The summed E-state index contributed by atoms with van der Waals surface area (Å²) in [5.74, 6) is 0.192. The van der Waals surface area contributed by atoms with Gasteiger partial charge in [-0.15, -0.1) is 0 Å². The molecule has 264 valence electrons. The Kier molecular flexibility index (Phi) is 35.5. The molecule has 0 spiro atoms. The number of carboxylic acids is 1. The van der Waals surface area contributed by atoms with E-state index >= 15 is 0 Å². The summed E-state index contributed by atoms with van der Waals surface area (Å²) >= 11 is 0. The molecule has 0 aromatic rings. The largest absolute Gasteiger partial charge is 0.481 e. The lowest BCUT2D eigenvalue weighted by Crippen LogP contribution is -2.10. The molecule has 5 heteroatoms. The molecular weight excluding hydrogens is 558 g/mol. The van der Waals surface area contributed by atoms with Crippen molar-refractivity contribution in [2.24, 2.45) is 4.99 Å². The maximum atomic E-state index is 10.3. The average molecular weight is 634 g/mol. The summed E-state index contributed by atoms with van der Waals surface area (Å²) in [5, 5.41) is 17.5. The van der Waals surface area contributed by atoms with E-state index in [1.807, 2.05) is 0 Å². The molecule has 0 amide bonds. The van der Waals surface area contributed by atoms with Crippen molar-refractivity contribution in [1.29, 1.82) is 0 Å². The molecule has 2 N–H and O–H groups in total. The average Bonchev–Trinajstić information content (AvgIpc) is 3.51. The molecule has 1 aliphatic heterocycles. The van der Waals surface area contributed by atoms with Crippen molar-refractivity contribution in [3.63, 3.8) is 0 Å². The Bertz CT molecular complexity index is 702. The maximum absolute atomic E-state index is 10.3. The summed E-state index contributed by atoms with van der Waals surface area (Å²) < 4.78 is 5.46. The molecule has 0 fully saturated rings. The van der Waals surface area contributed by atoms with Crippen LogP contribution in [0.15, 0.2) is 29.3 Å². The minimum Gasteiger partial charge on any atom is -0.481 e. The van der Waals surface area contributed by atoms with Gasteiger partial charge in [0.05, 0.1) is 6.61 Å². The fourth-order valence-electron chi connectivity index (χ4n) is 5.57. The highest BCUT2D eigenvalue weighted by Gasteiger charge is 2.16. The van der Waals surface area contributed by atoms with Crippen LogP contribution in [0, 0.1) is 0 Å². The number of aliphatic imine (C=N–C) groups is 1. The van der Waals surface area contributed by atoms with E-state index in [1.165, 1.54) is 154 Å². The number of hydrogen-bond acceptors (Lipinski definition) is 4. The standard InChI is InChI=1S/C22H41NO2.C18H34O2/c1-2-3-4-5-6-7-8-9-10-11-12-13-14-15-16-17-18-22-23-21(19-24)20-25-22;1-2-3-4-5-6-7-8-9-10-11-12-13-14-15-16-17-18(19)20/h9-10,21,24H,2-8,11-20H2,1H3;9-10H,2-8,11-17H2,1H3,(H,19,20)/b2*10-9-. The van der Waals surface area contributed by atoms with Gasteiger partial charge in [-0.2, -0.15) is 0 Å². The van der Waals surface area contributed by atoms with Crippen molar-refractivity contribution < 1.29 is 19.7 Å². The molecule has 1 unspecified atom stereocenters. The van der Waals surface area contributed by atoms with Crippen molar-refractivity contribution in [2.45, 2.75) is 206 Å². The molecule has 1 rings (SSSR count). The predicted molar refractivity (Wildman–Crippen MR) is 195 cm³/mol. The van der Waals surface area contributed by atoms with Gasteiger partial charge in [-0.3, -0.25) is 4.79 Å². The zero-order valence-corrected chi connectivity index (χ0v) is 30.0. The third-order valence-electron chi connectivity index (χ3n) is 8.53. The lowest BCUT2D eigenvalue weighted by Gasteiger charge is -2.02. The Morgan fingerprint density at radius 2 is 1.00 bits per heavy atom. The highest BCUT2D eigenvalue weighted by Crippen LogP contribution is 2.14. The first-order chi connectivity index (χ1) is 22.1. The van der Waals surface area contributed by atoms with Gasteiger partial charge >= 0.3 is 5.97 Å². The second-order valence-corrected chi connectivity index (χ2v) is 13.1. The van der Waals surface area contributed by atoms with Crippen LogP contribution in [0.5, 0.6) is 0 Å². The summed E-state index contributed by atoms with van der Waals surface area (Å²) in [5.41, 5.74) is 0. The first-order valence-corrected chi connectivity index (χ1v) is 19.5. The van der Waals surface area contributed by atoms with E-state index in [-0.39, 0.29) is 12.6 Å². The van der Waals surface area contributed by atoms with Crippen LogP contribution in [0.3, 0.4) is 0 Å². The monoisotopic (exact) mass is 634 g/mol. The molecule has 1 heterocycles. The molecule has 0 saturated carbocycles. The minimum absolute atomic E-state index is 0.0101. The zero-order chi connectivity index (χ0) is 32.9. The van der Waals surface area contributed by atoms with Gasteiger partial charge in [0.25, 0.3) is 0 Å². The highest BCUT2D eigenvalue weighted by molar-refractivity contribution is 5.77. The molecule has 5 nitrogen and oxygen atoms in total. The van der Waals surface area contributed by atoms with Crippen molar-refractivity contribution >= 4 is 11.9 Å². The van der Waals surface area contributed by atoms with E-state index < -0.39 is 5.97 Å². The number of nitrogens with zero attached hydrogens (tertiary/aromatic N) is 1. The van der Waals surface area contributed by atoms with Crippen LogP contribution < -0.4 is 0 Å². The summed E-state index contributed by atoms with van der Waals surface area (Å²) in [6.45, 7) is 5.21. The Labute approximate surface area is 279 Å². The number of aliphatic carboxylic acids is 1. The lowest BCUT2D eigenvalue weighted by molar-refractivity contribution is -0.137. The Hall–Kier alpha value is -1.62. The first kappa shape index (κ1) is 43.4. The van der Waals surface area contributed by atoms with E-state index in [1.54, 1.807) is 0 Å². The normalized spacial score (nSPS) is 14.6. The molecule has 0 aromatic heterocycles. The number of unbranched alkanes of at least 4 members (excludes halogenated alkanes) is 23. The van der Waals surface area contributed by atoms with E-state index in [4.69, 9.17) is 14.9 Å². The maximum Gasteiger partial charge on any atom is 0.303 e. The highest BCUT2D eigenvalue weighted by atomic mass is 16.5. The fourth-order valence-corrected chi connectivity index (χ4v) is 5.57. The number of ether oxygens (including phenoxy) is 1.